The van der Waals surface area contributed by atoms with Gasteiger partial charge in [0, 0.05) is 12.0 Å². The van der Waals surface area contributed by atoms with Crippen LogP contribution in [0.1, 0.15) is 39.7 Å². The molecule has 2 rings (SSSR count). The van der Waals surface area contributed by atoms with E-state index < -0.39 is 11.7 Å². The van der Waals surface area contributed by atoms with Crippen LogP contribution in [0.4, 0.5) is 4.79 Å². The molecule has 1 aromatic carbocycles. The van der Waals surface area contributed by atoms with E-state index in [2.05, 4.69) is 0 Å². The smallest absolute Gasteiger partial charge is 0.417 e. The number of ether oxygens (including phenoxy) is 1. The minimum absolute atomic E-state index is 0.110. The fourth-order valence-corrected chi connectivity index (χ4v) is 2.68. The van der Waals surface area contributed by atoms with Gasteiger partial charge in [-0.15, -0.1) is 0 Å². The van der Waals surface area contributed by atoms with Crippen molar-refractivity contribution in [3.05, 3.63) is 35.9 Å². The zero-order valence-corrected chi connectivity index (χ0v) is 13.1. The van der Waals surface area contributed by atoms with E-state index in [1.54, 1.807) is 20.8 Å². The van der Waals surface area contributed by atoms with E-state index in [0.29, 0.717) is 12.8 Å². The fraction of sp³-hybridized carbons (Fsp3) is 0.529. The number of likely N-dealkylation sites (tertiary alicyclic amines) is 1. The molecule has 1 aromatic rings. The van der Waals surface area contributed by atoms with Crippen LogP contribution in [-0.4, -0.2) is 28.5 Å². The van der Waals surface area contributed by atoms with Crippen molar-refractivity contribution in [2.45, 2.75) is 52.2 Å². The summed E-state index contributed by atoms with van der Waals surface area (Å²) < 4.78 is 5.33. The minimum atomic E-state index is -0.589. The topological polar surface area (TPSA) is 46.6 Å². The van der Waals surface area contributed by atoms with Gasteiger partial charge in [0.15, 0.2) is 0 Å². The van der Waals surface area contributed by atoms with E-state index in [9.17, 15) is 9.59 Å². The first kappa shape index (κ1) is 15.5. The predicted molar refractivity (Wildman–Crippen MR) is 80.8 cm³/mol. The van der Waals surface area contributed by atoms with Crippen molar-refractivity contribution in [2.75, 3.05) is 0 Å². The first-order chi connectivity index (χ1) is 9.78. The fourth-order valence-electron chi connectivity index (χ4n) is 2.68. The summed E-state index contributed by atoms with van der Waals surface area (Å²) in [5.41, 5.74) is 0.531. The summed E-state index contributed by atoms with van der Waals surface area (Å²) in [4.78, 5) is 25.9. The first-order valence-corrected chi connectivity index (χ1v) is 7.38. The van der Waals surface area contributed by atoms with E-state index in [0.717, 1.165) is 5.56 Å². The van der Waals surface area contributed by atoms with Crippen molar-refractivity contribution >= 4 is 12.0 Å². The third kappa shape index (κ3) is 3.84. The molecule has 114 valence electrons. The molecule has 1 saturated heterocycles. The van der Waals surface area contributed by atoms with Gasteiger partial charge in [-0.2, -0.15) is 0 Å². The van der Waals surface area contributed by atoms with E-state index in [1.165, 1.54) is 4.90 Å². The van der Waals surface area contributed by atoms with Gasteiger partial charge in [0.05, 0.1) is 0 Å². The standard InChI is InChI=1S/C17H23NO3/c1-12-10-14(11-13-8-6-5-7-9-13)15(19)18(12)16(20)21-17(2,3)4/h5-9,12,14H,10-11H2,1-4H3/t12-,14+/m0/s1. The van der Waals surface area contributed by atoms with E-state index in [-0.39, 0.29) is 17.9 Å². The van der Waals surface area contributed by atoms with Crippen LogP contribution in [-0.2, 0) is 16.0 Å². The number of carbonyl (C=O) groups excluding carboxylic acids is 2. The molecule has 4 heteroatoms. The molecule has 0 spiro atoms. The van der Waals surface area contributed by atoms with Gasteiger partial charge in [-0.05, 0) is 46.1 Å². The van der Waals surface area contributed by atoms with Crippen molar-refractivity contribution < 1.29 is 14.3 Å². The van der Waals surface area contributed by atoms with Crippen LogP contribution in [0.5, 0.6) is 0 Å². The van der Waals surface area contributed by atoms with Gasteiger partial charge in [0.25, 0.3) is 0 Å². The molecule has 1 fully saturated rings. The highest BCUT2D eigenvalue weighted by atomic mass is 16.6. The highest BCUT2D eigenvalue weighted by Crippen LogP contribution is 2.29. The Morgan fingerprint density at radius 3 is 2.48 bits per heavy atom. The molecule has 1 aliphatic heterocycles. The summed E-state index contributed by atoms with van der Waals surface area (Å²) in [5, 5.41) is 0. The molecule has 2 atom stereocenters. The zero-order valence-electron chi connectivity index (χ0n) is 13.1. The lowest BCUT2D eigenvalue weighted by atomic mass is 9.97. The zero-order chi connectivity index (χ0) is 15.6. The van der Waals surface area contributed by atoms with Crippen LogP contribution in [0, 0.1) is 5.92 Å². The summed E-state index contributed by atoms with van der Waals surface area (Å²) in [6.07, 6.45) is 0.826. The molecule has 0 saturated carbocycles. The van der Waals surface area contributed by atoms with Crippen LogP contribution in [0.15, 0.2) is 30.3 Å². The van der Waals surface area contributed by atoms with Gasteiger partial charge in [-0.1, -0.05) is 30.3 Å². The maximum atomic E-state index is 12.5. The summed E-state index contributed by atoms with van der Waals surface area (Å²) in [6, 6.07) is 9.78. The lowest BCUT2D eigenvalue weighted by Gasteiger charge is -2.25. The molecule has 0 aromatic heterocycles. The third-order valence-electron chi connectivity index (χ3n) is 3.57. The molecule has 1 heterocycles. The normalized spacial score (nSPS) is 22.5. The summed E-state index contributed by atoms with van der Waals surface area (Å²) >= 11 is 0. The minimum Gasteiger partial charge on any atom is -0.443 e. The van der Waals surface area contributed by atoms with Gasteiger partial charge in [0.1, 0.15) is 5.60 Å². The molecule has 0 bridgehead atoms. The Balaban J connectivity index is 2.06. The number of imide groups is 1. The van der Waals surface area contributed by atoms with Crippen molar-refractivity contribution in [3.8, 4) is 0 Å². The summed E-state index contributed by atoms with van der Waals surface area (Å²) in [5.74, 6) is -0.268. The van der Waals surface area contributed by atoms with Gasteiger partial charge in [0.2, 0.25) is 5.91 Å². The monoisotopic (exact) mass is 289 g/mol. The summed E-state index contributed by atoms with van der Waals surface area (Å²) in [7, 11) is 0. The molecule has 0 unspecified atom stereocenters. The lowest BCUT2D eigenvalue weighted by molar-refractivity contribution is -0.131. The SMILES string of the molecule is C[C@H]1C[C@H](Cc2ccccc2)C(=O)N1C(=O)OC(C)(C)C. The van der Waals surface area contributed by atoms with Crippen molar-refractivity contribution in [1.29, 1.82) is 0 Å². The molecular weight excluding hydrogens is 266 g/mol. The second-order valence-corrected chi connectivity index (χ2v) is 6.66. The summed E-state index contributed by atoms with van der Waals surface area (Å²) in [6.45, 7) is 7.31. The Labute approximate surface area is 126 Å². The second kappa shape index (κ2) is 5.88. The average molecular weight is 289 g/mol. The van der Waals surface area contributed by atoms with Crippen LogP contribution < -0.4 is 0 Å². The Bertz CT molecular complexity index is 519. The van der Waals surface area contributed by atoms with Gasteiger partial charge in [-0.25, -0.2) is 9.69 Å². The molecule has 0 N–H and O–H groups in total. The molecular formula is C17H23NO3. The Morgan fingerprint density at radius 1 is 1.29 bits per heavy atom. The maximum absolute atomic E-state index is 12.5. The molecule has 0 radical (unpaired) electrons. The van der Waals surface area contributed by atoms with Crippen LogP contribution in [0.3, 0.4) is 0 Å². The largest absolute Gasteiger partial charge is 0.443 e. The Hall–Kier alpha value is -1.84. The van der Waals surface area contributed by atoms with Crippen molar-refractivity contribution in [3.63, 3.8) is 0 Å². The van der Waals surface area contributed by atoms with Gasteiger partial charge in [-0.3, -0.25) is 4.79 Å². The number of amides is 2. The van der Waals surface area contributed by atoms with Crippen LogP contribution in [0.2, 0.25) is 0 Å². The quantitative estimate of drug-likeness (QED) is 0.838. The highest BCUT2D eigenvalue weighted by molar-refractivity contribution is 5.95. The maximum Gasteiger partial charge on any atom is 0.417 e. The van der Waals surface area contributed by atoms with Crippen molar-refractivity contribution in [2.24, 2.45) is 5.92 Å². The van der Waals surface area contributed by atoms with E-state index in [1.807, 2.05) is 37.3 Å². The van der Waals surface area contributed by atoms with E-state index in [4.69, 9.17) is 4.74 Å². The van der Waals surface area contributed by atoms with E-state index >= 15 is 0 Å². The molecule has 1 aliphatic rings. The van der Waals surface area contributed by atoms with Gasteiger partial charge >= 0.3 is 6.09 Å². The highest BCUT2D eigenvalue weighted by Gasteiger charge is 2.42. The number of hydrogen-bond acceptors (Lipinski definition) is 3. The number of rotatable bonds is 2. The number of benzene rings is 1. The Kier molecular flexibility index (Phi) is 4.35. The van der Waals surface area contributed by atoms with Crippen molar-refractivity contribution in [1.82, 2.24) is 4.90 Å². The number of carbonyl (C=O) groups is 2. The number of nitrogens with zero attached hydrogens (tertiary/aromatic N) is 1. The Morgan fingerprint density at radius 2 is 1.90 bits per heavy atom. The molecule has 2 amide bonds. The lowest BCUT2D eigenvalue weighted by Crippen LogP contribution is -2.41. The third-order valence-corrected chi connectivity index (χ3v) is 3.57. The predicted octanol–water partition coefficient (Wildman–Crippen LogP) is 3.40. The molecule has 21 heavy (non-hydrogen) atoms. The second-order valence-electron chi connectivity index (χ2n) is 6.66. The van der Waals surface area contributed by atoms with Crippen LogP contribution >= 0.6 is 0 Å². The van der Waals surface area contributed by atoms with Crippen LogP contribution in [0.25, 0.3) is 0 Å². The molecule has 0 aliphatic carbocycles. The average Bonchev–Trinajstić information content (AvgIpc) is 2.63. The number of hydrogen-bond donors (Lipinski definition) is 0. The molecule has 4 nitrogen and oxygen atoms in total. The van der Waals surface area contributed by atoms with Gasteiger partial charge < -0.3 is 4.74 Å². The first-order valence-electron chi connectivity index (χ1n) is 7.38.